The number of hydrogen-bond donors (Lipinski definition) is 1. The lowest BCUT2D eigenvalue weighted by atomic mass is 10.2. The van der Waals surface area contributed by atoms with E-state index in [0.29, 0.717) is 30.2 Å². The van der Waals surface area contributed by atoms with Crippen molar-refractivity contribution < 1.29 is 14.3 Å². The molecular formula is C14H15NO3S. The zero-order valence-corrected chi connectivity index (χ0v) is 11.4. The standard InChI is InChI=1S/C14H15NO3S/c1-2-17-14(16)12-8-10(15)5-6-13(12)18-9-11-4-3-7-19-11/h3-8H,2,9,15H2,1H3. The molecule has 0 unspecified atom stereocenters. The lowest BCUT2D eigenvalue weighted by Crippen LogP contribution is -2.08. The highest BCUT2D eigenvalue weighted by molar-refractivity contribution is 7.09. The second kappa shape index (κ2) is 6.24. The summed E-state index contributed by atoms with van der Waals surface area (Å²) >= 11 is 1.60. The van der Waals surface area contributed by atoms with E-state index in [1.807, 2.05) is 17.5 Å². The van der Waals surface area contributed by atoms with Gasteiger partial charge in [-0.2, -0.15) is 0 Å². The van der Waals surface area contributed by atoms with Gasteiger partial charge in [0, 0.05) is 10.6 Å². The molecule has 100 valence electrons. The molecule has 2 rings (SSSR count). The number of anilines is 1. The summed E-state index contributed by atoms with van der Waals surface area (Å²) in [6, 6.07) is 8.90. The fraction of sp³-hybridized carbons (Fsp3) is 0.214. The SMILES string of the molecule is CCOC(=O)c1cc(N)ccc1OCc1cccs1. The summed E-state index contributed by atoms with van der Waals surface area (Å²) in [4.78, 5) is 12.9. The Kier molecular flexibility index (Phi) is 4.41. The van der Waals surface area contributed by atoms with E-state index >= 15 is 0 Å². The maximum Gasteiger partial charge on any atom is 0.341 e. The molecule has 0 atom stereocenters. The van der Waals surface area contributed by atoms with Crippen LogP contribution in [0.3, 0.4) is 0 Å². The molecule has 0 fully saturated rings. The summed E-state index contributed by atoms with van der Waals surface area (Å²) in [6.07, 6.45) is 0. The first kappa shape index (κ1) is 13.4. The minimum atomic E-state index is -0.420. The van der Waals surface area contributed by atoms with Crippen LogP contribution in [0.4, 0.5) is 5.69 Å². The van der Waals surface area contributed by atoms with Crippen LogP contribution in [-0.2, 0) is 11.3 Å². The Morgan fingerprint density at radius 1 is 1.37 bits per heavy atom. The monoisotopic (exact) mass is 277 g/mol. The molecule has 0 saturated carbocycles. The van der Waals surface area contributed by atoms with Crippen molar-refractivity contribution in [3.05, 3.63) is 46.2 Å². The minimum absolute atomic E-state index is 0.317. The number of hydrogen-bond acceptors (Lipinski definition) is 5. The molecule has 0 spiro atoms. The predicted octanol–water partition coefficient (Wildman–Crippen LogP) is 3.09. The van der Waals surface area contributed by atoms with E-state index < -0.39 is 5.97 Å². The summed E-state index contributed by atoms with van der Waals surface area (Å²) in [7, 11) is 0. The minimum Gasteiger partial charge on any atom is -0.487 e. The lowest BCUT2D eigenvalue weighted by Gasteiger charge is -2.10. The molecule has 2 aromatic rings. The smallest absolute Gasteiger partial charge is 0.341 e. The number of nitrogens with two attached hydrogens (primary N) is 1. The van der Waals surface area contributed by atoms with E-state index in [9.17, 15) is 4.79 Å². The van der Waals surface area contributed by atoms with Crippen LogP contribution in [-0.4, -0.2) is 12.6 Å². The molecule has 19 heavy (non-hydrogen) atoms. The maximum absolute atomic E-state index is 11.8. The fourth-order valence-electron chi connectivity index (χ4n) is 1.59. The fourth-order valence-corrected chi connectivity index (χ4v) is 2.20. The molecule has 1 aromatic carbocycles. The summed E-state index contributed by atoms with van der Waals surface area (Å²) < 4.78 is 10.6. The average Bonchev–Trinajstić information content (AvgIpc) is 2.90. The van der Waals surface area contributed by atoms with Crippen LogP contribution < -0.4 is 10.5 Å². The number of thiophene rings is 1. The van der Waals surface area contributed by atoms with Gasteiger partial charge in [-0.05, 0) is 36.6 Å². The van der Waals surface area contributed by atoms with Gasteiger partial charge in [0.05, 0.1) is 6.61 Å². The molecule has 5 heteroatoms. The Labute approximate surface area is 115 Å². The molecule has 0 aliphatic carbocycles. The number of ether oxygens (including phenoxy) is 2. The van der Waals surface area contributed by atoms with Crippen molar-refractivity contribution in [1.82, 2.24) is 0 Å². The third-order valence-corrected chi connectivity index (χ3v) is 3.30. The van der Waals surface area contributed by atoms with Gasteiger partial charge < -0.3 is 15.2 Å². The van der Waals surface area contributed by atoms with Gasteiger partial charge >= 0.3 is 5.97 Å². The van der Waals surface area contributed by atoms with Crippen LogP contribution in [0, 0.1) is 0 Å². The third-order valence-electron chi connectivity index (χ3n) is 2.45. The first-order chi connectivity index (χ1) is 9.20. The van der Waals surface area contributed by atoms with Crippen molar-refractivity contribution in [3.8, 4) is 5.75 Å². The van der Waals surface area contributed by atoms with Crippen LogP contribution in [0.25, 0.3) is 0 Å². The van der Waals surface area contributed by atoms with Crippen LogP contribution in [0.5, 0.6) is 5.75 Å². The topological polar surface area (TPSA) is 61.5 Å². The number of benzene rings is 1. The maximum atomic E-state index is 11.8. The number of carbonyl (C=O) groups is 1. The molecular weight excluding hydrogens is 262 g/mol. The van der Waals surface area contributed by atoms with Gasteiger partial charge in [-0.3, -0.25) is 0 Å². The summed E-state index contributed by atoms with van der Waals surface area (Å²) in [5.74, 6) is 0.0667. The summed E-state index contributed by atoms with van der Waals surface area (Å²) in [5.41, 5.74) is 6.56. The molecule has 4 nitrogen and oxygen atoms in total. The Morgan fingerprint density at radius 3 is 2.89 bits per heavy atom. The van der Waals surface area contributed by atoms with Crippen LogP contribution in [0.15, 0.2) is 35.7 Å². The van der Waals surface area contributed by atoms with Crippen molar-refractivity contribution in [2.75, 3.05) is 12.3 Å². The highest BCUT2D eigenvalue weighted by Crippen LogP contribution is 2.24. The van der Waals surface area contributed by atoms with Gasteiger partial charge in [0.2, 0.25) is 0 Å². The predicted molar refractivity (Wildman–Crippen MR) is 75.5 cm³/mol. The first-order valence-electron chi connectivity index (χ1n) is 5.92. The number of carbonyl (C=O) groups excluding carboxylic acids is 1. The number of nitrogen functional groups attached to an aromatic ring is 1. The Morgan fingerprint density at radius 2 is 2.21 bits per heavy atom. The molecule has 0 radical (unpaired) electrons. The quantitative estimate of drug-likeness (QED) is 0.674. The van der Waals surface area contributed by atoms with Gasteiger partial charge in [-0.15, -0.1) is 11.3 Å². The van der Waals surface area contributed by atoms with E-state index in [1.165, 1.54) is 0 Å². The second-order valence-corrected chi connectivity index (χ2v) is 4.88. The van der Waals surface area contributed by atoms with E-state index in [0.717, 1.165) is 4.88 Å². The normalized spacial score (nSPS) is 10.2. The Balaban J connectivity index is 2.16. The van der Waals surface area contributed by atoms with Crippen molar-refractivity contribution in [1.29, 1.82) is 0 Å². The van der Waals surface area contributed by atoms with Crippen LogP contribution in [0.2, 0.25) is 0 Å². The molecule has 1 aromatic heterocycles. The highest BCUT2D eigenvalue weighted by atomic mass is 32.1. The van der Waals surface area contributed by atoms with Crippen molar-refractivity contribution >= 4 is 23.0 Å². The van der Waals surface area contributed by atoms with E-state index in [2.05, 4.69) is 0 Å². The van der Waals surface area contributed by atoms with Gasteiger partial charge in [0.1, 0.15) is 17.9 Å². The molecule has 0 bridgehead atoms. The van der Waals surface area contributed by atoms with Crippen LogP contribution in [0.1, 0.15) is 22.2 Å². The molecule has 2 N–H and O–H groups in total. The molecule has 1 heterocycles. The number of rotatable bonds is 5. The Bertz CT molecular complexity index is 552. The zero-order valence-electron chi connectivity index (χ0n) is 10.6. The van der Waals surface area contributed by atoms with Crippen LogP contribution >= 0.6 is 11.3 Å². The van der Waals surface area contributed by atoms with E-state index in [1.54, 1.807) is 36.5 Å². The third kappa shape index (κ3) is 3.48. The van der Waals surface area contributed by atoms with Crippen molar-refractivity contribution in [2.45, 2.75) is 13.5 Å². The molecule has 0 amide bonds. The lowest BCUT2D eigenvalue weighted by molar-refractivity contribution is 0.0521. The Hall–Kier alpha value is -2.01. The average molecular weight is 277 g/mol. The van der Waals surface area contributed by atoms with Gasteiger partial charge in [-0.1, -0.05) is 6.07 Å². The summed E-state index contributed by atoms with van der Waals surface area (Å²) in [5, 5.41) is 1.98. The first-order valence-corrected chi connectivity index (χ1v) is 6.80. The van der Waals surface area contributed by atoms with Gasteiger partial charge in [0.25, 0.3) is 0 Å². The molecule has 0 aliphatic rings. The second-order valence-electron chi connectivity index (χ2n) is 3.84. The van der Waals surface area contributed by atoms with Gasteiger partial charge in [-0.25, -0.2) is 4.79 Å². The van der Waals surface area contributed by atoms with E-state index in [4.69, 9.17) is 15.2 Å². The molecule has 0 saturated heterocycles. The van der Waals surface area contributed by atoms with Crippen molar-refractivity contribution in [3.63, 3.8) is 0 Å². The highest BCUT2D eigenvalue weighted by Gasteiger charge is 2.14. The number of esters is 1. The molecule has 0 aliphatic heterocycles. The summed E-state index contributed by atoms with van der Waals surface area (Å²) in [6.45, 7) is 2.50. The van der Waals surface area contributed by atoms with Gasteiger partial charge in [0.15, 0.2) is 0 Å². The zero-order chi connectivity index (χ0) is 13.7. The largest absolute Gasteiger partial charge is 0.487 e. The van der Waals surface area contributed by atoms with E-state index in [-0.39, 0.29) is 0 Å². The van der Waals surface area contributed by atoms with Crippen molar-refractivity contribution in [2.24, 2.45) is 0 Å².